The minimum Gasteiger partial charge on any atom is -0.463 e. The van der Waals surface area contributed by atoms with Crippen molar-refractivity contribution < 1.29 is 24.1 Å². The van der Waals surface area contributed by atoms with Crippen LogP contribution in [0.25, 0.3) is 0 Å². The molecule has 0 aliphatic carbocycles. The predicted molar refractivity (Wildman–Crippen MR) is 56.7 cm³/mol. The molecule has 92 valence electrons. The summed E-state index contributed by atoms with van der Waals surface area (Å²) in [4.78, 5) is 11.1. The average Bonchev–Trinajstić information content (AvgIpc) is 2.51. The van der Waals surface area contributed by atoms with Crippen molar-refractivity contribution >= 4 is 5.97 Å². The zero-order chi connectivity index (χ0) is 12.2. The van der Waals surface area contributed by atoms with Crippen molar-refractivity contribution in [2.75, 3.05) is 13.2 Å². The van der Waals surface area contributed by atoms with Gasteiger partial charge in [0.05, 0.1) is 13.2 Å². The zero-order valence-corrected chi connectivity index (χ0v) is 9.80. The second-order valence-electron chi connectivity index (χ2n) is 3.93. The smallest absolute Gasteiger partial charge is 0.330 e. The molecule has 0 aromatic rings. The van der Waals surface area contributed by atoms with Gasteiger partial charge in [-0.05, 0) is 26.8 Å². The highest BCUT2D eigenvalue weighted by Crippen LogP contribution is 2.28. The minimum atomic E-state index is -0.739. The number of hydrogen-bond acceptors (Lipinski definition) is 5. The van der Waals surface area contributed by atoms with Crippen molar-refractivity contribution in [2.24, 2.45) is 0 Å². The average molecular weight is 230 g/mol. The van der Waals surface area contributed by atoms with E-state index in [0.29, 0.717) is 6.61 Å². The Balaban J connectivity index is 2.56. The van der Waals surface area contributed by atoms with E-state index in [1.807, 2.05) is 0 Å². The molecule has 1 aliphatic rings. The van der Waals surface area contributed by atoms with Crippen LogP contribution in [0.2, 0.25) is 0 Å². The van der Waals surface area contributed by atoms with Crippen LogP contribution >= 0.6 is 0 Å². The molecule has 1 fully saturated rings. The van der Waals surface area contributed by atoms with Crippen LogP contribution in [0.15, 0.2) is 12.2 Å². The maximum absolute atomic E-state index is 11.1. The van der Waals surface area contributed by atoms with E-state index in [1.54, 1.807) is 26.8 Å². The Kier molecular flexibility index (Phi) is 4.46. The summed E-state index contributed by atoms with van der Waals surface area (Å²) in [6.45, 7) is 5.43. The van der Waals surface area contributed by atoms with Gasteiger partial charge in [-0.3, -0.25) is 0 Å². The van der Waals surface area contributed by atoms with Gasteiger partial charge in [0.25, 0.3) is 0 Å². The van der Waals surface area contributed by atoms with Gasteiger partial charge in [0, 0.05) is 6.08 Å². The van der Waals surface area contributed by atoms with Gasteiger partial charge in [-0.15, -0.1) is 0 Å². The summed E-state index contributed by atoms with van der Waals surface area (Å²) in [5.74, 6) is -1.16. The van der Waals surface area contributed by atoms with Crippen LogP contribution in [0, 0.1) is 0 Å². The molecule has 0 unspecified atom stereocenters. The molecule has 5 heteroatoms. The van der Waals surface area contributed by atoms with Crippen LogP contribution in [0.5, 0.6) is 0 Å². The molecule has 5 nitrogen and oxygen atoms in total. The normalized spacial score (nSPS) is 28.5. The Hall–Kier alpha value is -0.910. The number of hydrogen-bond donors (Lipinski definition) is 1. The number of esters is 1. The highest BCUT2D eigenvalue weighted by molar-refractivity contribution is 5.81. The summed E-state index contributed by atoms with van der Waals surface area (Å²) in [6.07, 6.45) is 1.97. The number of rotatable bonds is 4. The van der Waals surface area contributed by atoms with Gasteiger partial charge in [-0.25, -0.2) is 4.79 Å². The summed E-state index contributed by atoms with van der Waals surface area (Å²) in [5, 5.41) is 9.08. The molecule has 0 spiro atoms. The lowest BCUT2D eigenvalue weighted by molar-refractivity contribution is -0.146. The Morgan fingerprint density at radius 1 is 1.50 bits per heavy atom. The molecule has 16 heavy (non-hydrogen) atoms. The molecule has 2 atom stereocenters. The predicted octanol–water partition coefficient (Wildman–Crippen LogP) is 0.618. The zero-order valence-electron chi connectivity index (χ0n) is 9.80. The first-order valence-corrected chi connectivity index (χ1v) is 5.30. The van der Waals surface area contributed by atoms with Crippen molar-refractivity contribution in [3.05, 3.63) is 12.2 Å². The molecule has 0 aromatic carbocycles. The standard InChI is InChI=1S/C11H18O5/c1-4-14-10(13)6-5-8-9(7-12)16-11(2,3)15-8/h5-6,8-9,12H,4,7H2,1-3H3/b6-5+/t8-,9-/m0/s1. The maximum Gasteiger partial charge on any atom is 0.330 e. The number of aliphatic hydroxyl groups is 1. The van der Waals surface area contributed by atoms with Gasteiger partial charge in [0.15, 0.2) is 5.79 Å². The summed E-state index contributed by atoms with van der Waals surface area (Å²) < 4.78 is 15.7. The van der Waals surface area contributed by atoms with Gasteiger partial charge in [0.1, 0.15) is 12.2 Å². The lowest BCUT2D eigenvalue weighted by Crippen LogP contribution is -2.25. The largest absolute Gasteiger partial charge is 0.463 e. The van der Waals surface area contributed by atoms with E-state index >= 15 is 0 Å². The lowest BCUT2D eigenvalue weighted by Gasteiger charge is -2.15. The topological polar surface area (TPSA) is 65.0 Å². The highest BCUT2D eigenvalue weighted by atomic mass is 16.8. The molecule has 0 aromatic heterocycles. The molecular weight excluding hydrogens is 212 g/mol. The second kappa shape index (κ2) is 5.43. The molecule has 1 saturated heterocycles. The van der Waals surface area contributed by atoms with E-state index in [-0.39, 0.29) is 6.61 Å². The molecule has 0 radical (unpaired) electrons. The fraction of sp³-hybridized carbons (Fsp3) is 0.727. The fourth-order valence-corrected chi connectivity index (χ4v) is 1.53. The first-order valence-electron chi connectivity index (χ1n) is 5.30. The van der Waals surface area contributed by atoms with E-state index in [9.17, 15) is 4.79 Å². The van der Waals surface area contributed by atoms with Crippen molar-refractivity contribution in [1.82, 2.24) is 0 Å². The Labute approximate surface area is 95.0 Å². The molecule has 0 bridgehead atoms. The third-order valence-corrected chi connectivity index (χ3v) is 2.11. The summed E-state index contributed by atoms with van der Waals surface area (Å²) >= 11 is 0. The van der Waals surface area contributed by atoms with Crippen molar-refractivity contribution in [1.29, 1.82) is 0 Å². The lowest BCUT2D eigenvalue weighted by atomic mass is 10.2. The van der Waals surface area contributed by atoms with E-state index < -0.39 is 24.0 Å². The SMILES string of the molecule is CCOC(=O)/C=C/[C@@H]1OC(C)(C)O[C@H]1CO. The molecule has 1 aliphatic heterocycles. The van der Waals surface area contributed by atoms with Crippen molar-refractivity contribution in [3.8, 4) is 0 Å². The van der Waals surface area contributed by atoms with E-state index in [4.69, 9.17) is 19.3 Å². The fourth-order valence-electron chi connectivity index (χ4n) is 1.53. The van der Waals surface area contributed by atoms with E-state index in [1.165, 1.54) is 6.08 Å². The number of carbonyl (C=O) groups is 1. The van der Waals surface area contributed by atoms with E-state index in [0.717, 1.165) is 0 Å². The van der Waals surface area contributed by atoms with Gasteiger partial charge in [-0.1, -0.05) is 0 Å². The van der Waals surface area contributed by atoms with Crippen LogP contribution in [0.1, 0.15) is 20.8 Å². The highest BCUT2D eigenvalue weighted by Gasteiger charge is 2.39. The van der Waals surface area contributed by atoms with Gasteiger partial charge in [-0.2, -0.15) is 0 Å². The van der Waals surface area contributed by atoms with E-state index in [2.05, 4.69) is 0 Å². The number of aliphatic hydroxyl groups excluding tert-OH is 1. The third kappa shape index (κ3) is 3.59. The quantitative estimate of drug-likeness (QED) is 0.566. The Bertz CT molecular complexity index is 272. The van der Waals surface area contributed by atoms with Crippen LogP contribution in [-0.4, -0.2) is 42.3 Å². The number of carbonyl (C=O) groups excluding carboxylic acids is 1. The summed E-state index contributed by atoms with van der Waals surface area (Å²) in [5.41, 5.74) is 0. The first-order chi connectivity index (χ1) is 7.48. The Morgan fingerprint density at radius 2 is 2.19 bits per heavy atom. The van der Waals surface area contributed by atoms with Crippen LogP contribution in [0.3, 0.4) is 0 Å². The second-order valence-corrected chi connectivity index (χ2v) is 3.93. The van der Waals surface area contributed by atoms with Gasteiger partial charge < -0.3 is 19.3 Å². The molecule has 1 rings (SSSR count). The first kappa shape index (κ1) is 13.2. The van der Waals surface area contributed by atoms with Crippen LogP contribution in [0.4, 0.5) is 0 Å². The molecule has 0 saturated carbocycles. The Morgan fingerprint density at radius 3 is 2.75 bits per heavy atom. The van der Waals surface area contributed by atoms with Crippen LogP contribution < -0.4 is 0 Å². The number of ether oxygens (including phenoxy) is 3. The third-order valence-electron chi connectivity index (χ3n) is 2.11. The minimum absolute atomic E-state index is 0.152. The molecule has 0 amide bonds. The summed E-state index contributed by atoms with van der Waals surface area (Å²) in [6, 6.07) is 0. The van der Waals surface area contributed by atoms with Gasteiger partial charge in [0.2, 0.25) is 0 Å². The summed E-state index contributed by atoms with van der Waals surface area (Å²) in [7, 11) is 0. The van der Waals surface area contributed by atoms with Crippen molar-refractivity contribution in [3.63, 3.8) is 0 Å². The van der Waals surface area contributed by atoms with Gasteiger partial charge >= 0.3 is 5.97 Å². The van der Waals surface area contributed by atoms with Crippen LogP contribution in [-0.2, 0) is 19.0 Å². The molecule has 1 heterocycles. The van der Waals surface area contributed by atoms with Crippen molar-refractivity contribution in [2.45, 2.75) is 38.8 Å². The monoisotopic (exact) mass is 230 g/mol. The molecule has 1 N–H and O–H groups in total. The maximum atomic E-state index is 11.1. The molecular formula is C11H18O5.